The molecule has 0 saturated heterocycles. The molecule has 0 fully saturated rings. The van der Waals surface area contributed by atoms with Crippen molar-refractivity contribution in [2.75, 3.05) is 17.7 Å². The van der Waals surface area contributed by atoms with Crippen LogP contribution in [-0.4, -0.2) is 32.9 Å². The summed E-state index contributed by atoms with van der Waals surface area (Å²) in [5.41, 5.74) is 4.73. The lowest BCUT2D eigenvalue weighted by atomic mass is 9.73. The first-order valence-corrected chi connectivity index (χ1v) is 14.7. The van der Waals surface area contributed by atoms with Gasteiger partial charge in [0.25, 0.3) is 0 Å². The molecule has 2 aliphatic rings. The predicted octanol–water partition coefficient (Wildman–Crippen LogP) is 7.10. The Labute approximate surface area is 236 Å². The number of ether oxygens (including phenoxy) is 2. The number of allylic oxidation sites excluding steroid dienone is 2. The number of carbonyl (C=O) groups is 1. The number of nitrogens with zero attached hydrogens (tertiary/aromatic N) is 3. The lowest BCUT2D eigenvalue weighted by molar-refractivity contribution is -0.118. The van der Waals surface area contributed by atoms with Crippen molar-refractivity contribution in [1.29, 1.82) is 0 Å². The number of ketones is 1. The van der Waals surface area contributed by atoms with Gasteiger partial charge in [0.1, 0.15) is 12.6 Å². The summed E-state index contributed by atoms with van der Waals surface area (Å²) in [6, 6.07) is 11.9. The third-order valence-corrected chi connectivity index (χ3v) is 8.05. The molecule has 0 radical (unpaired) electrons. The van der Waals surface area contributed by atoms with E-state index in [9.17, 15) is 4.79 Å². The summed E-state index contributed by atoms with van der Waals surface area (Å²) in [5.74, 6) is 2.91. The highest BCUT2D eigenvalue weighted by molar-refractivity contribution is 9.10. The molecule has 0 amide bonds. The van der Waals surface area contributed by atoms with E-state index < -0.39 is 6.04 Å². The van der Waals surface area contributed by atoms with Gasteiger partial charge in [-0.2, -0.15) is 4.98 Å². The monoisotopic (exact) mass is 596 g/mol. The van der Waals surface area contributed by atoms with E-state index in [1.807, 2.05) is 23.7 Å². The lowest BCUT2D eigenvalue weighted by Gasteiger charge is -2.38. The zero-order valence-corrected chi connectivity index (χ0v) is 24.8. The molecule has 2 aromatic carbocycles. The van der Waals surface area contributed by atoms with Gasteiger partial charge in [0.2, 0.25) is 11.1 Å². The molecule has 38 heavy (non-hydrogen) atoms. The lowest BCUT2D eigenvalue weighted by Crippen LogP contribution is -2.36. The Hall–Kier alpha value is -2.78. The molecule has 5 rings (SSSR count). The zero-order chi connectivity index (χ0) is 27.0. The second-order valence-corrected chi connectivity index (χ2v) is 12.6. The Morgan fingerprint density at radius 2 is 1.92 bits per heavy atom. The quantitative estimate of drug-likeness (QED) is 0.278. The van der Waals surface area contributed by atoms with Crippen molar-refractivity contribution in [2.45, 2.75) is 65.3 Å². The summed E-state index contributed by atoms with van der Waals surface area (Å²) < 4.78 is 14.9. The van der Waals surface area contributed by atoms with Crippen LogP contribution < -0.4 is 14.8 Å². The van der Waals surface area contributed by atoms with Crippen molar-refractivity contribution < 1.29 is 14.3 Å². The third-order valence-electron chi connectivity index (χ3n) is 6.74. The fourth-order valence-corrected chi connectivity index (χ4v) is 6.21. The molecule has 7 nitrogen and oxygen atoms in total. The molecule has 1 unspecified atom stereocenters. The Bertz CT molecular complexity index is 1400. The molecule has 9 heteroatoms. The summed E-state index contributed by atoms with van der Waals surface area (Å²) in [7, 11) is 0. The SMILES string of the molecule is CCOc1cc(C2C3=C(CC(C)(C)CC3=O)Nc3nc(SCC)nn32)cc(Br)c1OCc1ccc(C)cc1. The number of nitrogens with one attached hydrogen (secondary N) is 1. The van der Waals surface area contributed by atoms with Crippen LogP contribution in [0.1, 0.15) is 63.3 Å². The van der Waals surface area contributed by atoms with Crippen LogP contribution in [-0.2, 0) is 11.4 Å². The zero-order valence-electron chi connectivity index (χ0n) is 22.4. The molecule has 3 aromatic rings. The number of halogens is 1. The van der Waals surface area contributed by atoms with Crippen molar-refractivity contribution in [3.05, 3.63) is 68.8 Å². The van der Waals surface area contributed by atoms with Crippen LogP contribution in [0, 0.1) is 12.3 Å². The van der Waals surface area contributed by atoms with E-state index in [1.165, 1.54) is 5.56 Å². The Morgan fingerprint density at radius 1 is 1.16 bits per heavy atom. The van der Waals surface area contributed by atoms with Crippen molar-refractivity contribution in [2.24, 2.45) is 5.41 Å². The fraction of sp³-hybridized carbons (Fsp3) is 0.414. The number of Topliss-reactive ketones (excluding diaryl/α,β-unsaturated/α-hetero) is 1. The van der Waals surface area contributed by atoms with Gasteiger partial charge in [-0.05, 0) is 70.6 Å². The van der Waals surface area contributed by atoms with E-state index in [2.05, 4.69) is 73.2 Å². The number of aromatic nitrogens is 3. The highest BCUT2D eigenvalue weighted by Gasteiger charge is 2.42. The minimum absolute atomic E-state index is 0.124. The van der Waals surface area contributed by atoms with Gasteiger partial charge in [0.05, 0.1) is 11.1 Å². The summed E-state index contributed by atoms with van der Waals surface area (Å²) in [6.07, 6.45) is 1.26. The van der Waals surface area contributed by atoms with Gasteiger partial charge in [-0.1, -0.05) is 62.4 Å². The van der Waals surface area contributed by atoms with E-state index in [1.54, 1.807) is 11.8 Å². The number of fused-ring (bicyclic) bond motifs is 1. The number of hydrogen-bond donors (Lipinski definition) is 1. The molecular formula is C29H33BrN4O3S. The molecule has 0 bridgehead atoms. The number of thioether (sulfide) groups is 1. The van der Waals surface area contributed by atoms with Crippen LogP contribution in [0.5, 0.6) is 11.5 Å². The molecule has 0 spiro atoms. The Balaban J connectivity index is 1.58. The van der Waals surface area contributed by atoms with Crippen LogP contribution in [0.25, 0.3) is 0 Å². The van der Waals surface area contributed by atoms with E-state index >= 15 is 0 Å². The molecule has 0 saturated carbocycles. The second kappa shape index (κ2) is 10.8. The summed E-state index contributed by atoms with van der Waals surface area (Å²) in [6.45, 7) is 11.3. The average Bonchev–Trinajstić information content (AvgIpc) is 3.24. The Kier molecular flexibility index (Phi) is 7.60. The number of aryl methyl sites for hydroxylation is 1. The maximum absolute atomic E-state index is 13.6. The molecule has 1 N–H and O–H groups in total. The first-order chi connectivity index (χ1) is 18.2. The normalized spacial score (nSPS) is 18.1. The van der Waals surface area contributed by atoms with E-state index in [4.69, 9.17) is 19.6 Å². The minimum Gasteiger partial charge on any atom is -0.490 e. The highest BCUT2D eigenvalue weighted by atomic mass is 79.9. The Morgan fingerprint density at radius 3 is 2.63 bits per heavy atom. The molecule has 1 aromatic heterocycles. The van der Waals surface area contributed by atoms with Gasteiger partial charge in [0, 0.05) is 17.7 Å². The molecule has 200 valence electrons. The predicted molar refractivity (Wildman–Crippen MR) is 154 cm³/mol. The molecule has 1 atom stereocenters. The molecular weight excluding hydrogens is 564 g/mol. The van der Waals surface area contributed by atoms with Crippen LogP contribution in [0.2, 0.25) is 0 Å². The van der Waals surface area contributed by atoms with E-state index in [-0.39, 0.29) is 11.2 Å². The van der Waals surface area contributed by atoms with Crippen molar-refractivity contribution in [3.8, 4) is 11.5 Å². The maximum atomic E-state index is 13.6. The number of benzene rings is 2. The van der Waals surface area contributed by atoms with Gasteiger partial charge in [-0.3, -0.25) is 4.79 Å². The topological polar surface area (TPSA) is 78.3 Å². The average molecular weight is 598 g/mol. The largest absolute Gasteiger partial charge is 0.490 e. The van der Waals surface area contributed by atoms with Crippen LogP contribution in [0.15, 0.2) is 57.3 Å². The molecule has 1 aliphatic heterocycles. The smallest absolute Gasteiger partial charge is 0.227 e. The number of anilines is 1. The number of carbonyl (C=O) groups excluding carboxylic acids is 1. The summed E-state index contributed by atoms with van der Waals surface area (Å²) in [5, 5.41) is 8.93. The number of hydrogen-bond acceptors (Lipinski definition) is 7. The maximum Gasteiger partial charge on any atom is 0.227 e. The van der Waals surface area contributed by atoms with Crippen LogP contribution >= 0.6 is 27.7 Å². The summed E-state index contributed by atoms with van der Waals surface area (Å²) in [4.78, 5) is 18.3. The van der Waals surface area contributed by atoms with Crippen molar-refractivity contribution in [3.63, 3.8) is 0 Å². The van der Waals surface area contributed by atoms with Crippen LogP contribution in [0.3, 0.4) is 0 Å². The van der Waals surface area contributed by atoms with Gasteiger partial charge in [-0.15, -0.1) is 5.10 Å². The second-order valence-electron chi connectivity index (χ2n) is 10.5. The van der Waals surface area contributed by atoms with Crippen LogP contribution in [0.4, 0.5) is 5.95 Å². The third kappa shape index (κ3) is 5.36. The standard InChI is InChI=1S/C29H33BrN4O3S/c1-6-36-23-13-19(12-20(30)26(23)37-16-18-10-8-17(3)9-11-18)25-24-21(14-29(4,5)15-22(24)35)31-27-32-28(38-7-2)33-34(25)27/h8-13,25H,6-7,14-16H2,1-5H3,(H,31,32,33). The van der Waals surface area contributed by atoms with Crippen molar-refractivity contribution in [1.82, 2.24) is 14.8 Å². The van der Waals surface area contributed by atoms with Gasteiger partial charge in [0.15, 0.2) is 17.3 Å². The van der Waals surface area contributed by atoms with Gasteiger partial charge >= 0.3 is 0 Å². The minimum atomic E-state index is -0.412. The van der Waals surface area contributed by atoms with E-state index in [0.717, 1.165) is 39.0 Å². The van der Waals surface area contributed by atoms with Gasteiger partial charge in [-0.25, -0.2) is 4.68 Å². The first-order valence-electron chi connectivity index (χ1n) is 13.0. The highest BCUT2D eigenvalue weighted by Crippen LogP contribution is 2.48. The molecule has 2 heterocycles. The summed E-state index contributed by atoms with van der Waals surface area (Å²) >= 11 is 5.32. The van der Waals surface area contributed by atoms with E-state index in [0.29, 0.717) is 42.2 Å². The fourth-order valence-electron chi connectivity index (χ4n) is 5.08. The molecule has 1 aliphatic carbocycles. The number of rotatable bonds is 8. The van der Waals surface area contributed by atoms with Crippen molar-refractivity contribution >= 4 is 39.4 Å². The van der Waals surface area contributed by atoms with Gasteiger partial charge < -0.3 is 14.8 Å². The first kappa shape index (κ1) is 26.8.